The monoisotopic (exact) mass is 267 g/mol. The van der Waals surface area contributed by atoms with Gasteiger partial charge in [0, 0.05) is 12.8 Å². The highest BCUT2D eigenvalue weighted by Crippen LogP contribution is 2.41. The summed E-state index contributed by atoms with van der Waals surface area (Å²) in [4.78, 5) is 12.4. The lowest BCUT2D eigenvalue weighted by Gasteiger charge is -2.45. The third kappa shape index (κ3) is 1.91. The van der Waals surface area contributed by atoms with E-state index in [0.717, 1.165) is 37.2 Å². The molecule has 1 atom stereocenters. The molecular formula is C14H18ClNO2. The Morgan fingerprint density at radius 2 is 1.94 bits per heavy atom. The first-order chi connectivity index (χ1) is 8.23. The highest BCUT2D eigenvalue weighted by atomic mass is 35.5. The van der Waals surface area contributed by atoms with Gasteiger partial charge in [0.25, 0.3) is 0 Å². The fourth-order valence-electron chi connectivity index (χ4n) is 2.92. The minimum Gasteiger partial charge on any atom is -0.486 e. The Balaban J connectivity index is 0.00000120. The van der Waals surface area contributed by atoms with Crippen molar-refractivity contribution in [1.29, 1.82) is 0 Å². The highest BCUT2D eigenvalue weighted by Gasteiger charge is 2.47. The molecule has 98 valence electrons. The summed E-state index contributed by atoms with van der Waals surface area (Å²) in [6, 6.07) is 7.59. The first kappa shape index (κ1) is 13.4. The molecule has 4 heteroatoms. The predicted molar refractivity (Wildman–Crippen MR) is 72.6 cm³/mol. The van der Waals surface area contributed by atoms with E-state index in [1.807, 2.05) is 31.2 Å². The van der Waals surface area contributed by atoms with E-state index in [0.29, 0.717) is 0 Å². The average molecular weight is 268 g/mol. The second-order valence-corrected chi connectivity index (χ2v) is 5.00. The quantitative estimate of drug-likeness (QED) is 0.785. The van der Waals surface area contributed by atoms with Gasteiger partial charge in [-0.3, -0.25) is 4.79 Å². The van der Waals surface area contributed by atoms with Crippen LogP contribution in [0.25, 0.3) is 0 Å². The Kier molecular flexibility index (Phi) is 3.64. The van der Waals surface area contributed by atoms with Crippen LogP contribution in [0.3, 0.4) is 0 Å². The van der Waals surface area contributed by atoms with E-state index < -0.39 is 0 Å². The van der Waals surface area contributed by atoms with Crippen molar-refractivity contribution < 1.29 is 9.53 Å². The average Bonchev–Trinajstić information content (AvgIpc) is 2.37. The summed E-state index contributed by atoms with van der Waals surface area (Å²) >= 11 is 0. The number of rotatable bonds is 0. The van der Waals surface area contributed by atoms with E-state index in [-0.39, 0.29) is 29.7 Å². The number of benzene rings is 1. The van der Waals surface area contributed by atoms with Gasteiger partial charge in [-0.15, -0.1) is 12.4 Å². The Labute approximate surface area is 113 Å². The number of Topliss-reactive ketones (excluding diaryl/α,β-unsaturated/α-hetero) is 1. The fraction of sp³-hybridized carbons (Fsp3) is 0.500. The van der Waals surface area contributed by atoms with Crippen LogP contribution in [0.4, 0.5) is 0 Å². The van der Waals surface area contributed by atoms with E-state index in [4.69, 9.17) is 4.74 Å². The van der Waals surface area contributed by atoms with Crippen LogP contribution in [-0.4, -0.2) is 24.5 Å². The van der Waals surface area contributed by atoms with Crippen molar-refractivity contribution >= 4 is 18.2 Å². The number of piperidine rings is 1. The normalized spacial score (nSPS) is 24.9. The number of hydrogen-bond donors (Lipinski definition) is 1. The molecule has 1 saturated heterocycles. The van der Waals surface area contributed by atoms with E-state index >= 15 is 0 Å². The maximum atomic E-state index is 12.4. The molecular weight excluding hydrogens is 250 g/mol. The zero-order valence-corrected chi connectivity index (χ0v) is 11.3. The Morgan fingerprint density at radius 3 is 2.67 bits per heavy atom. The summed E-state index contributed by atoms with van der Waals surface area (Å²) in [7, 11) is 0. The van der Waals surface area contributed by atoms with E-state index in [1.54, 1.807) is 0 Å². The molecule has 0 bridgehead atoms. The summed E-state index contributed by atoms with van der Waals surface area (Å²) in [5.41, 5.74) is 0.459. The Morgan fingerprint density at radius 1 is 1.28 bits per heavy atom. The predicted octanol–water partition coefficient (Wildman–Crippen LogP) is 2.44. The number of carbonyl (C=O) groups is 1. The SMILES string of the molecule is CC1C(=O)c2ccccc2OC12CCNCC2.Cl. The maximum absolute atomic E-state index is 12.4. The lowest BCUT2D eigenvalue weighted by atomic mass is 9.75. The van der Waals surface area contributed by atoms with Crippen LogP contribution in [0.5, 0.6) is 5.75 Å². The van der Waals surface area contributed by atoms with E-state index in [1.165, 1.54) is 0 Å². The van der Waals surface area contributed by atoms with Crippen LogP contribution in [0.1, 0.15) is 30.1 Å². The number of hydrogen-bond acceptors (Lipinski definition) is 3. The first-order valence-electron chi connectivity index (χ1n) is 6.26. The molecule has 3 rings (SSSR count). The Hall–Kier alpha value is -1.06. The van der Waals surface area contributed by atoms with Crippen molar-refractivity contribution in [2.75, 3.05) is 13.1 Å². The molecule has 1 spiro atoms. The summed E-state index contributed by atoms with van der Waals surface area (Å²) in [6.07, 6.45) is 1.82. The molecule has 0 radical (unpaired) electrons. The number of para-hydroxylation sites is 1. The van der Waals surface area contributed by atoms with Crippen LogP contribution in [0.15, 0.2) is 24.3 Å². The minimum atomic E-state index is -0.281. The zero-order valence-electron chi connectivity index (χ0n) is 10.4. The van der Waals surface area contributed by atoms with Crippen molar-refractivity contribution in [3.05, 3.63) is 29.8 Å². The van der Waals surface area contributed by atoms with Crippen molar-refractivity contribution in [3.8, 4) is 5.75 Å². The van der Waals surface area contributed by atoms with Crippen LogP contribution in [-0.2, 0) is 0 Å². The fourth-order valence-corrected chi connectivity index (χ4v) is 2.92. The van der Waals surface area contributed by atoms with Crippen LogP contribution in [0, 0.1) is 5.92 Å². The summed E-state index contributed by atoms with van der Waals surface area (Å²) < 4.78 is 6.18. The topological polar surface area (TPSA) is 38.3 Å². The molecule has 0 aromatic heterocycles. The van der Waals surface area contributed by atoms with Crippen LogP contribution in [0.2, 0.25) is 0 Å². The van der Waals surface area contributed by atoms with Crippen molar-refractivity contribution in [1.82, 2.24) is 5.32 Å². The third-order valence-electron chi connectivity index (χ3n) is 4.10. The number of ketones is 1. The molecule has 0 saturated carbocycles. The molecule has 2 heterocycles. The third-order valence-corrected chi connectivity index (χ3v) is 4.10. The second kappa shape index (κ2) is 4.90. The van der Waals surface area contributed by atoms with Gasteiger partial charge in [0.15, 0.2) is 5.78 Å². The number of ether oxygens (including phenoxy) is 1. The highest BCUT2D eigenvalue weighted by molar-refractivity contribution is 6.01. The molecule has 1 unspecified atom stereocenters. The van der Waals surface area contributed by atoms with Gasteiger partial charge in [0.1, 0.15) is 11.4 Å². The molecule has 2 aliphatic heterocycles. The summed E-state index contributed by atoms with van der Waals surface area (Å²) in [5.74, 6) is 0.950. The van der Waals surface area contributed by atoms with Gasteiger partial charge in [-0.05, 0) is 25.2 Å². The summed E-state index contributed by atoms with van der Waals surface area (Å²) in [6.45, 7) is 3.86. The molecule has 1 fully saturated rings. The second-order valence-electron chi connectivity index (χ2n) is 5.00. The van der Waals surface area contributed by atoms with Gasteiger partial charge in [0.2, 0.25) is 0 Å². The number of fused-ring (bicyclic) bond motifs is 1. The van der Waals surface area contributed by atoms with Gasteiger partial charge in [-0.25, -0.2) is 0 Å². The van der Waals surface area contributed by atoms with Crippen LogP contribution < -0.4 is 10.1 Å². The number of nitrogens with one attached hydrogen (secondary N) is 1. The zero-order chi connectivity index (χ0) is 11.9. The van der Waals surface area contributed by atoms with Crippen LogP contribution >= 0.6 is 12.4 Å². The molecule has 2 aliphatic rings. The standard InChI is InChI=1S/C14H17NO2.ClH/c1-10-13(16)11-4-2-3-5-12(11)17-14(10)6-8-15-9-7-14;/h2-5,10,15H,6-9H2,1H3;1H. The molecule has 1 N–H and O–H groups in total. The van der Waals surface area contributed by atoms with Crippen molar-refractivity contribution in [2.45, 2.75) is 25.4 Å². The number of carbonyl (C=O) groups excluding carboxylic acids is 1. The lowest BCUT2D eigenvalue weighted by Crippen LogP contribution is -2.55. The summed E-state index contributed by atoms with van der Waals surface area (Å²) in [5, 5.41) is 3.32. The van der Waals surface area contributed by atoms with Gasteiger partial charge >= 0.3 is 0 Å². The molecule has 0 amide bonds. The molecule has 1 aromatic rings. The van der Waals surface area contributed by atoms with Gasteiger partial charge in [-0.1, -0.05) is 19.1 Å². The first-order valence-corrected chi connectivity index (χ1v) is 6.26. The largest absolute Gasteiger partial charge is 0.486 e. The van der Waals surface area contributed by atoms with Gasteiger partial charge in [-0.2, -0.15) is 0 Å². The maximum Gasteiger partial charge on any atom is 0.173 e. The lowest BCUT2D eigenvalue weighted by molar-refractivity contribution is -0.0152. The molecule has 0 aliphatic carbocycles. The molecule has 1 aromatic carbocycles. The van der Waals surface area contributed by atoms with E-state index in [9.17, 15) is 4.79 Å². The Bertz CT molecular complexity index is 455. The smallest absolute Gasteiger partial charge is 0.173 e. The van der Waals surface area contributed by atoms with Crippen molar-refractivity contribution in [3.63, 3.8) is 0 Å². The van der Waals surface area contributed by atoms with Gasteiger partial charge < -0.3 is 10.1 Å². The van der Waals surface area contributed by atoms with Gasteiger partial charge in [0.05, 0.1) is 11.5 Å². The van der Waals surface area contributed by atoms with Crippen molar-refractivity contribution in [2.24, 2.45) is 5.92 Å². The minimum absolute atomic E-state index is 0. The number of halogens is 1. The van der Waals surface area contributed by atoms with E-state index in [2.05, 4.69) is 5.32 Å². The molecule has 3 nitrogen and oxygen atoms in total. The molecule has 18 heavy (non-hydrogen) atoms.